The number of nitrogens with zero attached hydrogens (tertiary/aromatic N) is 8. The van der Waals surface area contributed by atoms with Crippen LogP contribution in [0.1, 0.15) is 0 Å². The topological polar surface area (TPSA) is 321 Å². The minimum Gasteiger partial charge on any atom is -0.549 e. The minimum absolute atomic E-state index is 0. The van der Waals surface area contributed by atoms with Crippen LogP contribution in [0.25, 0.3) is 22.8 Å². The molecule has 0 fully saturated rings. The molecule has 0 saturated heterocycles. The van der Waals surface area contributed by atoms with E-state index in [0.717, 1.165) is 69.8 Å². The normalized spacial score (nSPS) is 9.40. The molecule has 0 aliphatic heterocycles. The Kier molecular flexibility index (Phi) is 28.1. The van der Waals surface area contributed by atoms with Crippen LogP contribution in [0.15, 0.2) is 115 Å². The molecule has 6 aromatic heterocycles. The van der Waals surface area contributed by atoms with E-state index >= 15 is 0 Å². The SMILES string of the molecule is O.O.O=C([O-])CSc1nnc(SCC(=O)O)s1.O=C([O-])CSc1nnc(SCC(=O)O)s1.[Cu+2].c1ccc(-c2ccccn2)nc1.c1ccc(-c2ccccn2)nc1. The van der Waals surface area contributed by atoms with Crippen LogP contribution in [0.5, 0.6) is 0 Å². The molecular weight excluding hydrogens is 912 g/mol. The first-order valence-corrected chi connectivity index (χ1v) is 20.3. The standard InChI is InChI=1S/2C10H8N2.2C6H6N2O4S3.Cu.2H2O/c2*1-3-7-11-9(5-1)10-6-2-4-8-12-10;2*9-3(10)1-13-5-7-8-6(15-5)14-2-4(11)12;;;/h2*1-8H;2*1-2H2,(H,9,10)(H,11,12);;2*1H2/q;;;;+2;;/p-2. The molecule has 0 atom stereocenters. The predicted octanol–water partition coefficient (Wildman–Crippen LogP) is 1.75. The van der Waals surface area contributed by atoms with Crippen molar-refractivity contribution in [2.75, 3.05) is 23.0 Å². The Morgan fingerprint density at radius 1 is 0.474 bits per heavy atom. The van der Waals surface area contributed by atoms with Gasteiger partial charge in [0.25, 0.3) is 0 Å². The van der Waals surface area contributed by atoms with Gasteiger partial charge < -0.3 is 41.0 Å². The van der Waals surface area contributed by atoms with Gasteiger partial charge in [0, 0.05) is 36.3 Å². The summed E-state index contributed by atoms with van der Waals surface area (Å²) in [6, 6.07) is 23.2. The summed E-state index contributed by atoms with van der Waals surface area (Å²) in [5.74, 6) is -4.74. The summed E-state index contributed by atoms with van der Waals surface area (Å²) in [5, 5.41) is 51.9. The van der Waals surface area contributed by atoms with E-state index in [2.05, 4.69) is 40.3 Å². The summed E-state index contributed by atoms with van der Waals surface area (Å²) in [6.07, 6.45) is 7.07. The Morgan fingerprint density at radius 3 is 0.912 bits per heavy atom. The summed E-state index contributed by atoms with van der Waals surface area (Å²) in [4.78, 5) is 57.5. The zero-order valence-corrected chi connectivity index (χ0v) is 34.6. The molecule has 6 N–H and O–H groups in total. The number of rotatable bonds is 14. The number of aliphatic carboxylic acids is 4. The second kappa shape index (κ2) is 30.6. The molecule has 0 aliphatic carbocycles. The van der Waals surface area contributed by atoms with Gasteiger partial charge in [0.05, 0.1) is 46.2 Å². The van der Waals surface area contributed by atoms with Gasteiger partial charge in [-0.25, -0.2) is 0 Å². The van der Waals surface area contributed by atoms with Crippen LogP contribution >= 0.6 is 69.7 Å². The zero-order valence-electron chi connectivity index (χ0n) is 28.7. The van der Waals surface area contributed by atoms with E-state index in [1.165, 1.54) is 22.7 Å². The van der Waals surface area contributed by atoms with Gasteiger partial charge in [0.1, 0.15) is 0 Å². The van der Waals surface area contributed by atoms with Gasteiger partial charge in [-0.2, -0.15) is 0 Å². The molecule has 0 amide bonds. The van der Waals surface area contributed by atoms with Crippen LogP contribution in [0.2, 0.25) is 0 Å². The number of hydrogen-bond acceptors (Lipinski definition) is 20. The zero-order chi connectivity index (χ0) is 39.0. The number of pyridine rings is 4. The maximum atomic E-state index is 10.2. The van der Waals surface area contributed by atoms with Crippen molar-refractivity contribution in [1.82, 2.24) is 40.3 Å². The first kappa shape index (κ1) is 52.4. The van der Waals surface area contributed by atoms with E-state index in [-0.39, 0.29) is 51.0 Å². The molecule has 6 heterocycles. The molecular formula is C32H30CuN8O10S6. The van der Waals surface area contributed by atoms with Crippen LogP contribution in [0.3, 0.4) is 0 Å². The van der Waals surface area contributed by atoms with Gasteiger partial charge in [-0.1, -0.05) is 94.0 Å². The van der Waals surface area contributed by atoms with Crippen LogP contribution < -0.4 is 10.2 Å². The summed E-state index contributed by atoms with van der Waals surface area (Å²) in [7, 11) is 0. The molecule has 18 nitrogen and oxygen atoms in total. The number of aromatic nitrogens is 8. The number of hydrogen-bond donors (Lipinski definition) is 2. The van der Waals surface area contributed by atoms with E-state index < -0.39 is 23.9 Å². The second-order valence-electron chi connectivity index (χ2n) is 9.21. The monoisotopic (exact) mass is 941 g/mol. The van der Waals surface area contributed by atoms with Gasteiger partial charge in [0.15, 0.2) is 17.4 Å². The van der Waals surface area contributed by atoms with Gasteiger partial charge in [-0.15, -0.1) is 20.4 Å². The molecule has 1 radical (unpaired) electrons. The van der Waals surface area contributed by atoms with Crippen LogP contribution in [-0.2, 0) is 36.2 Å². The fourth-order valence-electron chi connectivity index (χ4n) is 3.17. The molecule has 0 unspecified atom stereocenters. The van der Waals surface area contributed by atoms with Crippen molar-refractivity contribution in [3.05, 3.63) is 97.6 Å². The smallest absolute Gasteiger partial charge is 0.549 e. The van der Waals surface area contributed by atoms with Crippen LogP contribution in [0.4, 0.5) is 0 Å². The number of carboxylic acid groups (broad SMARTS) is 4. The van der Waals surface area contributed by atoms with Crippen LogP contribution in [-0.4, -0.2) is 108 Å². The molecule has 305 valence electrons. The molecule has 25 heteroatoms. The first-order chi connectivity index (χ1) is 26.1. The fraction of sp³-hybridized carbons (Fsp3) is 0.125. The maximum absolute atomic E-state index is 10.2. The molecule has 6 rings (SSSR count). The van der Waals surface area contributed by atoms with E-state index in [0.29, 0.717) is 17.4 Å². The van der Waals surface area contributed by atoms with Crippen molar-refractivity contribution in [3.8, 4) is 22.8 Å². The molecule has 0 saturated carbocycles. The van der Waals surface area contributed by atoms with Gasteiger partial charge in [-0.05, 0) is 48.5 Å². The Labute approximate surface area is 360 Å². The quantitative estimate of drug-likeness (QED) is 0.116. The third-order valence-electron chi connectivity index (χ3n) is 5.23. The third-order valence-corrected chi connectivity index (χ3v) is 11.5. The van der Waals surface area contributed by atoms with Crippen molar-refractivity contribution in [2.45, 2.75) is 17.4 Å². The molecule has 0 spiro atoms. The Hall–Kier alpha value is -4.56. The summed E-state index contributed by atoms with van der Waals surface area (Å²) in [5.41, 5.74) is 3.66. The molecule has 57 heavy (non-hydrogen) atoms. The van der Waals surface area contributed by atoms with Crippen molar-refractivity contribution >= 4 is 93.6 Å². The Morgan fingerprint density at radius 2 is 0.719 bits per heavy atom. The first-order valence-electron chi connectivity index (χ1n) is 14.8. The Bertz CT molecular complexity index is 1740. The van der Waals surface area contributed by atoms with E-state index in [9.17, 15) is 29.4 Å². The Balaban J connectivity index is 0.000000724. The number of carboxylic acids is 4. The average molecular weight is 943 g/mol. The molecule has 0 aromatic carbocycles. The minimum atomic E-state index is -1.17. The summed E-state index contributed by atoms with van der Waals surface area (Å²) >= 11 is 6.45. The molecule has 0 bridgehead atoms. The number of carbonyl (C=O) groups excluding carboxylic acids is 2. The van der Waals surface area contributed by atoms with Gasteiger partial charge in [-0.3, -0.25) is 29.5 Å². The largest absolute Gasteiger partial charge is 2.00 e. The van der Waals surface area contributed by atoms with E-state index in [1.54, 1.807) is 24.8 Å². The fourth-order valence-corrected chi connectivity index (χ4v) is 8.08. The second-order valence-corrected chi connectivity index (χ2v) is 16.1. The van der Waals surface area contributed by atoms with Crippen molar-refractivity contribution in [1.29, 1.82) is 0 Å². The van der Waals surface area contributed by atoms with Crippen LogP contribution in [0, 0.1) is 0 Å². The molecule has 6 aromatic rings. The van der Waals surface area contributed by atoms with Crippen molar-refractivity contribution in [3.63, 3.8) is 0 Å². The number of thioether (sulfide) groups is 4. The van der Waals surface area contributed by atoms with E-state index in [4.69, 9.17) is 10.2 Å². The van der Waals surface area contributed by atoms with Gasteiger partial charge >= 0.3 is 29.0 Å². The molecule has 0 aliphatic rings. The predicted molar refractivity (Wildman–Crippen MR) is 210 cm³/mol. The number of carbonyl (C=O) groups is 4. The summed E-state index contributed by atoms with van der Waals surface area (Å²) < 4.78 is 2.01. The third kappa shape index (κ3) is 23.3. The van der Waals surface area contributed by atoms with Crippen molar-refractivity contribution in [2.24, 2.45) is 0 Å². The van der Waals surface area contributed by atoms with E-state index in [1.807, 2.05) is 72.8 Å². The summed E-state index contributed by atoms with van der Waals surface area (Å²) in [6.45, 7) is 0. The van der Waals surface area contributed by atoms with Gasteiger partial charge in [0.2, 0.25) is 0 Å². The van der Waals surface area contributed by atoms with Crippen molar-refractivity contribution < 1.29 is 67.6 Å². The average Bonchev–Trinajstić information content (AvgIpc) is 3.86. The maximum Gasteiger partial charge on any atom is 2.00 e.